The lowest BCUT2D eigenvalue weighted by molar-refractivity contribution is -0.131. The van der Waals surface area contributed by atoms with Crippen molar-refractivity contribution in [3.63, 3.8) is 0 Å². The Bertz CT molecular complexity index is 442. The molecule has 6 heteroatoms. The number of nitrogens with zero attached hydrogens (tertiary/aromatic N) is 1. The number of fused-ring (bicyclic) bond motifs is 1. The summed E-state index contributed by atoms with van der Waals surface area (Å²) in [5.41, 5.74) is 5.40. The van der Waals surface area contributed by atoms with Crippen LogP contribution in [0.15, 0.2) is 24.3 Å². The Hall–Kier alpha value is -1.46. The number of hydrogen-bond acceptors (Lipinski definition) is 4. The van der Waals surface area contributed by atoms with E-state index < -0.39 is 0 Å². The van der Waals surface area contributed by atoms with Crippen LogP contribution < -0.4 is 15.2 Å². The molecule has 2 N–H and O–H groups in total. The van der Waals surface area contributed by atoms with Gasteiger partial charge in [-0.1, -0.05) is 12.1 Å². The monoisotopic (exact) mass is 300 g/mol. The zero-order valence-electron chi connectivity index (χ0n) is 11.6. The molecule has 1 amide bonds. The van der Waals surface area contributed by atoms with E-state index in [0.29, 0.717) is 32.5 Å². The summed E-state index contributed by atoms with van der Waals surface area (Å²) in [5, 5.41) is 0. The van der Waals surface area contributed by atoms with Crippen molar-refractivity contribution in [1.82, 2.24) is 4.90 Å². The summed E-state index contributed by atoms with van der Waals surface area (Å²) in [6.07, 6.45) is 1.08. The van der Waals surface area contributed by atoms with Crippen LogP contribution in [-0.2, 0) is 4.79 Å². The van der Waals surface area contributed by atoms with Crippen LogP contribution in [0, 0.1) is 0 Å². The summed E-state index contributed by atoms with van der Waals surface area (Å²) < 4.78 is 11.4. The van der Waals surface area contributed by atoms with Gasteiger partial charge in [0.1, 0.15) is 6.61 Å². The predicted octanol–water partition coefficient (Wildman–Crippen LogP) is 1.45. The van der Waals surface area contributed by atoms with Gasteiger partial charge in [0.05, 0.1) is 6.54 Å². The molecule has 1 heterocycles. The predicted molar refractivity (Wildman–Crippen MR) is 79.5 cm³/mol. The van der Waals surface area contributed by atoms with Gasteiger partial charge in [-0.15, -0.1) is 12.4 Å². The quantitative estimate of drug-likeness (QED) is 0.894. The van der Waals surface area contributed by atoms with Gasteiger partial charge >= 0.3 is 0 Å². The first-order valence-corrected chi connectivity index (χ1v) is 6.53. The molecule has 20 heavy (non-hydrogen) atoms. The van der Waals surface area contributed by atoms with Crippen molar-refractivity contribution in [3.8, 4) is 11.5 Å². The summed E-state index contributed by atoms with van der Waals surface area (Å²) in [4.78, 5) is 13.5. The lowest BCUT2D eigenvalue weighted by Gasteiger charge is -2.29. The van der Waals surface area contributed by atoms with E-state index in [1.54, 1.807) is 11.9 Å². The molecular formula is C14H21ClN2O3. The maximum atomic E-state index is 11.8. The molecule has 1 unspecified atom stereocenters. The van der Waals surface area contributed by atoms with Crippen molar-refractivity contribution in [1.29, 1.82) is 0 Å². The lowest BCUT2D eigenvalue weighted by Crippen LogP contribution is -2.41. The average Bonchev–Trinajstić information content (AvgIpc) is 2.44. The Labute approximate surface area is 125 Å². The van der Waals surface area contributed by atoms with E-state index >= 15 is 0 Å². The first-order chi connectivity index (χ1) is 9.20. The number of hydrogen-bond donors (Lipinski definition) is 1. The van der Waals surface area contributed by atoms with Crippen LogP contribution in [0.4, 0.5) is 0 Å². The van der Waals surface area contributed by atoms with Crippen LogP contribution in [0.2, 0.25) is 0 Å². The van der Waals surface area contributed by atoms with Crippen LogP contribution in [0.1, 0.15) is 12.8 Å². The molecule has 0 spiro atoms. The second kappa shape index (κ2) is 7.97. The first kappa shape index (κ1) is 16.6. The zero-order valence-corrected chi connectivity index (χ0v) is 12.4. The highest BCUT2D eigenvalue weighted by molar-refractivity contribution is 5.85. The summed E-state index contributed by atoms with van der Waals surface area (Å²) in [5.74, 6) is 1.59. The lowest BCUT2D eigenvalue weighted by atomic mass is 10.2. The largest absolute Gasteiger partial charge is 0.486 e. The standard InChI is InChI=1S/C14H20N2O3.ClH/c1-16(14(17)7-4-8-15)9-11-10-18-12-5-2-3-6-13(12)19-11;/h2-3,5-6,11H,4,7-10,15H2,1H3;1H. The van der Waals surface area contributed by atoms with Gasteiger partial charge in [0.25, 0.3) is 0 Å². The molecule has 2 rings (SSSR count). The zero-order chi connectivity index (χ0) is 13.7. The van der Waals surface area contributed by atoms with Gasteiger partial charge in [-0.05, 0) is 25.1 Å². The minimum Gasteiger partial charge on any atom is -0.486 e. The Morgan fingerprint density at radius 2 is 2.10 bits per heavy atom. The number of para-hydroxylation sites is 2. The van der Waals surface area contributed by atoms with Crippen molar-refractivity contribution < 1.29 is 14.3 Å². The van der Waals surface area contributed by atoms with Gasteiger partial charge in [-0.2, -0.15) is 0 Å². The number of nitrogens with two attached hydrogens (primary N) is 1. The van der Waals surface area contributed by atoms with E-state index in [1.807, 2.05) is 24.3 Å². The number of likely N-dealkylation sites (N-methyl/N-ethyl adjacent to an activating group) is 1. The molecule has 0 aromatic heterocycles. The van der Waals surface area contributed by atoms with Gasteiger partial charge in [0, 0.05) is 13.5 Å². The number of halogens is 1. The Morgan fingerprint density at radius 1 is 1.40 bits per heavy atom. The molecule has 0 saturated heterocycles. The highest BCUT2D eigenvalue weighted by atomic mass is 35.5. The first-order valence-electron chi connectivity index (χ1n) is 6.53. The van der Waals surface area contributed by atoms with Crippen LogP contribution >= 0.6 is 12.4 Å². The van der Waals surface area contributed by atoms with E-state index in [4.69, 9.17) is 15.2 Å². The van der Waals surface area contributed by atoms with Gasteiger partial charge < -0.3 is 20.1 Å². The molecule has 0 radical (unpaired) electrons. The molecule has 0 saturated carbocycles. The molecule has 0 bridgehead atoms. The van der Waals surface area contributed by atoms with E-state index in [9.17, 15) is 4.79 Å². The van der Waals surface area contributed by atoms with Crippen molar-refractivity contribution in [3.05, 3.63) is 24.3 Å². The number of rotatable bonds is 5. The minimum absolute atomic E-state index is 0. The molecule has 5 nitrogen and oxygen atoms in total. The fourth-order valence-corrected chi connectivity index (χ4v) is 2.00. The summed E-state index contributed by atoms with van der Waals surface area (Å²) in [6.45, 7) is 1.53. The maximum Gasteiger partial charge on any atom is 0.222 e. The fourth-order valence-electron chi connectivity index (χ4n) is 2.00. The van der Waals surface area contributed by atoms with Gasteiger partial charge in [-0.3, -0.25) is 4.79 Å². The smallest absolute Gasteiger partial charge is 0.222 e. The van der Waals surface area contributed by atoms with Crippen LogP contribution in [0.5, 0.6) is 11.5 Å². The van der Waals surface area contributed by atoms with Crippen molar-refractivity contribution in [2.75, 3.05) is 26.7 Å². The van der Waals surface area contributed by atoms with E-state index in [0.717, 1.165) is 11.5 Å². The highest BCUT2D eigenvalue weighted by Crippen LogP contribution is 2.30. The number of ether oxygens (including phenoxy) is 2. The fraction of sp³-hybridized carbons (Fsp3) is 0.500. The van der Waals surface area contributed by atoms with Crippen molar-refractivity contribution >= 4 is 18.3 Å². The normalized spacial score (nSPS) is 16.2. The molecule has 0 fully saturated rings. The SMILES string of the molecule is CN(CC1COc2ccccc2O1)C(=O)CCCN.Cl. The number of carbonyl (C=O) groups is 1. The van der Waals surface area contributed by atoms with E-state index in [2.05, 4.69) is 0 Å². The summed E-state index contributed by atoms with van der Waals surface area (Å²) in [6, 6.07) is 7.56. The van der Waals surface area contributed by atoms with Crippen molar-refractivity contribution in [2.45, 2.75) is 18.9 Å². The van der Waals surface area contributed by atoms with Crippen LogP contribution in [0.3, 0.4) is 0 Å². The Morgan fingerprint density at radius 3 is 2.80 bits per heavy atom. The van der Waals surface area contributed by atoms with E-state index in [-0.39, 0.29) is 24.4 Å². The molecule has 1 aliphatic heterocycles. The van der Waals surface area contributed by atoms with Gasteiger partial charge in [-0.25, -0.2) is 0 Å². The molecule has 1 atom stereocenters. The maximum absolute atomic E-state index is 11.8. The molecule has 1 aromatic rings. The highest BCUT2D eigenvalue weighted by Gasteiger charge is 2.23. The van der Waals surface area contributed by atoms with Gasteiger partial charge in [0.15, 0.2) is 17.6 Å². The average molecular weight is 301 g/mol. The number of carbonyl (C=O) groups excluding carboxylic acids is 1. The second-order valence-corrected chi connectivity index (χ2v) is 4.66. The summed E-state index contributed by atoms with van der Waals surface area (Å²) >= 11 is 0. The molecular weight excluding hydrogens is 280 g/mol. The van der Waals surface area contributed by atoms with Crippen LogP contribution in [-0.4, -0.2) is 43.7 Å². The second-order valence-electron chi connectivity index (χ2n) is 4.66. The summed E-state index contributed by atoms with van der Waals surface area (Å²) in [7, 11) is 1.78. The minimum atomic E-state index is -0.123. The van der Waals surface area contributed by atoms with Crippen molar-refractivity contribution in [2.24, 2.45) is 5.73 Å². The third-order valence-electron chi connectivity index (χ3n) is 3.07. The van der Waals surface area contributed by atoms with Crippen LogP contribution in [0.25, 0.3) is 0 Å². The third kappa shape index (κ3) is 4.28. The van der Waals surface area contributed by atoms with E-state index in [1.165, 1.54) is 0 Å². The Balaban J connectivity index is 0.00000200. The topological polar surface area (TPSA) is 64.8 Å². The Kier molecular flexibility index (Phi) is 6.61. The van der Waals surface area contributed by atoms with Gasteiger partial charge in [0.2, 0.25) is 5.91 Å². The molecule has 1 aromatic carbocycles. The number of amides is 1. The molecule has 1 aliphatic rings. The number of benzene rings is 1. The third-order valence-corrected chi connectivity index (χ3v) is 3.07. The molecule has 0 aliphatic carbocycles. The molecule has 112 valence electrons.